The van der Waals surface area contributed by atoms with Crippen LogP contribution in [0, 0.1) is 0 Å². The largest absolute Gasteiger partial charge is 0.493 e. The third-order valence-corrected chi connectivity index (χ3v) is 4.54. The summed E-state index contributed by atoms with van der Waals surface area (Å²) in [7, 11) is 2.98. The maximum absolute atomic E-state index is 12.4. The fourth-order valence-corrected chi connectivity index (χ4v) is 2.98. The molecule has 0 aromatic heterocycles. The van der Waals surface area contributed by atoms with Crippen LogP contribution in [0.5, 0.6) is 17.2 Å². The molecule has 10 heteroatoms. The number of carbonyl (C=O) groups is 2. The fraction of sp³-hybridized carbons (Fsp3) is 0.250. The number of carbonyl (C=O) groups excluding carboxylic acids is 2. The van der Waals surface area contributed by atoms with Gasteiger partial charge in [0.25, 0.3) is 11.8 Å². The van der Waals surface area contributed by atoms with Crippen LogP contribution in [0.1, 0.15) is 34.6 Å². The van der Waals surface area contributed by atoms with E-state index < -0.39 is 11.8 Å². The van der Waals surface area contributed by atoms with Gasteiger partial charge in [-0.1, -0.05) is 0 Å². The van der Waals surface area contributed by atoms with E-state index in [4.69, 9.17) is 26.4 Å². The van der Waals surface area contributed by atoms with E-state index in [9.17, 15) is 9.59 Å². The first-order chi connectivity index (χ1) is 14.2. The van der Waals surface area contributed by atoms with E-state index in [1.807, 2.05) is 13.8 Å². The maximum Gasteiger partial charge on any atom is 0.269 e. The minimum absolute atomic E-state index is 0.00651. The van der Waals surface area contributed by atoms with Crippen molar-refractivity contribution in [2.45, 2.75) is 20.0 Å². The van der Waals surface area contributed by atoms with Crippen LogP contribution >= 0.6 is 28.1 Å². The highest BCUT2D eigenvalue weighted by molar-refractivity contribution is 9.10. The average Bonchev–Trinajstić information content (AvgIpc) is 2.72. The summed E-state index contributed by atoms with van der Waals surface area (Å²) >= 11 is 8.44. The predicted octanol–water partition coefficient (Wildman–Crippen LogP) is 3.20. The highest BCUT2D eigenvalue weighted by atomic mass is 79.9. The monoisotopic (exact) mass is 495 g/mol. The smallest absolute Gasteiger partial charge is 0.269 e. The molecule has 0 atom stereocenters. The molecule has 0 bridgehead atoms. The molecular weight excluding hydrogens is 474 g/mol. The zero-order valence-corrected chi connectivity index (χ0v) is 19.3. The Morgan fingerprint density at radius 3 is 2.07 bits per heavy atom. The minimum atomic E-state index is -0.467. The summed E-state index contributed by atoms with van der Waals surface area (Å²) in [6, 6.07) is 9.63. The molecule has 0 saturated carbocycles. The summed E-state index contributed by atoms with van der Waals surface area (Å²) in [4.78, 5) is 24.6. The maximum atomic E-state index is 12.4. The van der Waals surface area contributed by atoms with Gasteiger partial charge in [0.1, 0.15) is 5.75 Å². The van der Waals surface area contributed by atoms with Crippen molar-refractivity contribution in [1.29, 1.82) is 0 Å². The molecule has 2 rings (SSSR count). The average molecular weight is 496 g/mol. The summed E-state index contributed by atoms with van der Waals surface area (Å²) < 4.78 is 16.6. The van der Waals surface area contributed by atoms with Crippen molar-refractivity contribution in [2.75, 3.05) is 14.2 Å². The summed E-state index contributed by atoms with van der Waals surface area (Å²) in [6.45, 7) is 3.82. The zero-order valence-electron chi connectivity index (χ0n) is 16.9. The van der Waals surface area contributed by atoms with Gasteiger partial charge in [0.05, 0.1) is 24.8 Å². The Balaban J connectivity index is 1.93. The van der Waals surface area contributed by atoms with E-state index >= 15 is 0 Å². The lowest BCUT2D eigenvalue weighted by Crippen LogP contribution is -2.48. The SMILES string of the molecule is COc1ccc(C(=O)NNC(=S)NC(=O)c2ccc(OC(C)C)c(Br)c2)cc1OC. The first-order valence-electron chi connectivity index (χ1n) is 8.85. The van der Waals surface area contributed by atoms with Gasteiger partial charge in [-0.15, -0.1) is 0 Å². The number of methoxy groups -OCH3 is 2. The van der Waals surface area contributed by atoms with Gasteiger partial charge in [0, 0.05) is 11.1 Å². The molecule has 2 aromatic carbocycles. The van der Waals surface area contributed by atoms with Crippen molar-refractivity contribution in [3.63, 3.8) is 0 Å². The summed E-state index contributed by atoms with van der Waals surface area (Å²) in [6.07, 6.45) is 0.00651. The molecule has 2 aromatic rings. The van der Waals surface area contributed by atoms with E-state index in [1.165, 1.54) is 20.3 Å². The Morgan fingerprint density at radius 1 is 0.900 bits per heavy atom. The molecule has 0 saturated heterocycles. The molecule has 0 heterocycles. The molecule has 8 nitrogen and oxygen atoms in total. The summed E-state index contributed by atoms with van der Waals surface area (Å²) in [5, 5.41) is 2.43. The Labute approximate surface area is 188 Å². The van der Waals surface area contributed by atoms with Crippen molar-refractivity contribution in [1.82, 2.24) is 16.2 Å². The van der Waals surface area contributed by atoms with E-state index in [0.717, 1.165) is 0 Å². The van der Waals surface area contributed by atoms with Gasteiger partial charge in [-0.05, 0) is 78.4 Å². The van der Waals surface area contributed by atoms with Gasteiger partial charge < -0.3 is 14.2 Å². The van der Waals surface area contributed by atoms with Crippen molar-refractivity contribution < 1.29 is 23.8 Å². The molecule has 0 spiro atoms. The zero-order chi connectivity index (χ0) is 22.3. The van der Waals surface area contributed by atoms with Crippen molar-refractivity contribution in [3.8, 4) is 17.2 Å². The Hall–Kier alpha value is -2.85. The van der Waals surface area contributed by atoms with Crippen LogP contribution in [-0.4, -0.2) is 37.3 Å². The summed E-state index contributed by atoms with van der Waals surface area (Å²) in [5.41, 5.74) is 5.59. The standard InChI is InChI=1S/C20H22BrN3O5S/c1-11(2)29-15-7-5-12(9-14(15)21)18(25)22-20(30)24-23-19(26)13-6-8-16(27-3)17(10-13)28-4/h5-11H,1-4H3,(H,23,26)(H2,22,24,25,30). The molecule has 0 aliphatic carbocycles. The Kier molecular flexibility index (Phi) is 8.43. The first-order valence-corrected chi connectivity index (χ1v) is 10.0. The van der Waals surface area contributed by atoms with Gasteiger partial charge in [-0.2, -0.15) is 0 Å². The molecule has 2 amide bonds. The van der Waals surface area contributed by atoms with Crippen molar-refractivity contribution in [3.05, 3.63) is 52.0 Å². The Morgan fingerprint density at radius 2 is 1.50 bits per heavy atom. The number of benzene rings is 2. The van der Waals surface area contributed by atoms with E-state index in [-0.39, 0.29) is 11.2 Å². The molecular formula is C20H22BrN3O5S. The fourth-order valence-electron chi connectivity index (χ4n) is 2.36. The number of ether oxygens (including phenoxy) is 3. The van der Waals surface area contributed by atoms with Gasteiger partial charge in [0.15, 0.2) is 16.6 Å². The van der Waals surface area contributed by atoms with Crippen LogP contribution in [0.4, 0.5) is 0 Å². The van der Waals surface area contributed by atoms with Gasteiger partial charge in [-0.25, -0.2) is 0 Å². The minimum Gasteiger partial charge on any atom is -0.493 e. The molecule has 160 valence electrons. The van der Waals surface area contributed by atoms with Crippen LogP contribution in [-0.2, 0) is 0 Å². The van der Waals surface area contributed by atoms with Gasteiger partial charge in [0.2, 0.25) is 0 Å². The van der Waals surface area contributed by atoms with Gasteiger partial charge >= 0.3 is 0 Å². The topological polar surface area (TPSA) is 97.9 Å². The van der Waals surface area contributed by atoms with E-state index in [0.29, 0.717) is 32.8 Å². The number of nitrogens with one attached hydrogen (secondary N) is 3. The quantitative estimate of drug-likeness (QED) is 0.418. The van der Waals surface area contributed by atoms with Crippen LogP contribution in [0.25, 0.3) is 0 Å². The molecule has 0 aliphatic heterocycles. The number of amides is 2. The van der Waals surface area contributed by atoms with Crippen molar-refractivity contribution in [2.24, 2.45) is 0 Å². The van der Waals surface area contributed by atoms with Crippen LogP contribution in [0.15, 0.2) is 40.9 Å². The van der Waals surface area contributed by atoms with Crippen LogP contribution < -0.4 is 30.4 Å². The molecule has 0 aliphatic rings. The number of hydrazine groups is 1. The second-order valence-electron chi connectivity index (χ2n) is 6.24. The van der Waals surface area contributed by atoms with E-state index in [2.05, 4.69) is 32.1 Å². The molecule has 0 unspecified atom stereocenters. The summed E-state index contributed by atoms with van der Waals surface area (Å²) in [5.74, 6) is 0.636. The highest BCUT2D eigenvalue weighted by Gasteiger charge is 2.14. The lowest BCUT2D eigenvalue weighted by Gasteiger charge is -2.14. The first kappa shape index (κ1) is 23.4. The number of thiocarbonyl (C=S) groups is 1. The second kappa shape index (κ2) is 10.8. The van der Waals surface area contributed by atoms with E-state index in [1.54, 1.807) is 30.3 Å². The number of halogens is 1. The van der Waals surface area contributed by atoms with Gasteiger partial charge in [-0.3, -0.25) is 25.8 Å². The lowest BCUT2D eigenvalue weighted by molar-refractivity contribution is 0.0934. The predicted molar refractivity (Wildman–Crippen MR) is 120 cm³/mol. The van der Waals surface area contributed by atoms with Crippen LogP contribution in [0.3, 0.4) is 0 Å². The molecule has 30 heavy (non-hydrogen) atoms. The normalized spacial score (nSPS) is 10.2. The molecule has 3 N–H and O–H groups in total. The number of rotatable bonds is 6. The lowest BCUT2D eigenvalue weighted by atomic mass is 10.2. The molecule has 0 fully saturated rings. The second-order valence-corrected chi connectivity index (χ2v) is 7.51. The third-order valence-electron chi connectivity index (χ3n) is 3.72. The van der Waals surface area contributed by atoms with Crippen molar-refractivity contribution >= 4 is 45.1 Å². The number of hydrogen-bond acceptors (Lipinski definition) is 6. The third kappa shape index (κ3) is 6.33. The highest BCUT2D eigenvalue weighted by Crippen LogP contribution is 2.28. The number of hydrogen-bond donors (Lipinski definition) is 3. The Bertz CT molecular complexity index is 952. The molecule has 0 radical (unpaired) electrons. The van der Waals surface area contributed by atoms with Crippen LogP contribution in [0.2, 0.25) is 0 Å².